The number of pyridine rings is 1. The van der Waals surface area contributed by atoms with Crippen LogP contribution in [0.4, 0.5) is 5.69 Å². The van der Waals surface area contributed by atoms with Gasteiger partial charge in [-0.05, 0) is 56.9 Å². The molecule has 4 heteroatoms. The average Bonchev–Trinajstić information content (AvgIpc) is 2.94. The van der Waals surface area contributed by atoms with Crippen LogP contribution in [-0.4, -0.2) is 15.3 Å². The van der Waals surface area contributed by atoms with Crippen LogP contribution in [-0.2, 0) is 17.6 Å². The van der Waals surface area contributed by atoms with Crippen molar-refractivity contribution in [2.75, 3.05) is 5.32 Å². The van der Waals surface area contributed by atoms with E-state index in [1.54, 1.807) is 0 Å². The number of hydrogen-bond acceptors (Lipinski definition) is 2. The molecule has 0 fully saturated rings. The average molecular weight is 333 g/mol. The molecule has 1 unspecified atom stereocenters. The molecular weight excluding hydrogens is 310 g/mol. The molecule has 1 amide bonds. The number of aromatic nitrogens is 2. The van der Waals surface area contributed by atoms with Crippen molar-refractivity contribution in [3.05, 3.63) is 64.6 Å². The molecule has 1 aliphatic rings. The van der Waals surface area contributed by atoms with E-state index in [0.717, 1.165) is 41.9 Å². The van der Waals surface area contributed by atoms with E-state index >= 15 is 0 Å². The Bertz CT molecular complexity index is 971. The van der Waals surface area contributed by atoms with Crippen molar-refractivity contribution in [1.29, 1.82) is 0 Å². The summed E-state index contributed by atoms with van der Waals surface area (Å²) in [5, 5.41) is 3.12. The summed E-state index contributed by atoms with van der Waals surface area (Å²) in [7, 11) is 0. The number of aryl methyl sites for hydroxylation is 4. The van der Waals surface area contributed by atoms with Gasteiger partial charge >= 0.3 is 0 Å². The Morgan fingerprint density at radius 3 is 2.76 bits per heavy atom. The molecule has 1 aliphatic carbocycles. The van der Waals surface area contributed by atoms with Gasteiger partial charge in [0.2, 0.25) is 5.91 Å². The van der Waals surface area contributed by atoms with E-state index in [4.69, 9.17) is 4.98 Å². The minimum Gasteiger partial charge on any atom is -0.326 e. The molecule has 0 spiro atoms. The SMILES string of the molecule is Cc1ccc(NC(=O)C2CCc3nc4ccc(C)cn4c3C2)c(C)c1. The molecule has 0 aliphatic heterocycles. The number of fused-ring (bicyclic) bond motifs is 3. The van der Waals surface area contributed by atoms with E-state index < -0.39 is 0 Å². The first-order valence-corrected chi connectivity index (χ1v) is 8.86. The Morgan fingerprint density at radius 1 is 1.16 bits per heavy atom. The second-order valence-corrected chi connectivity index (χ2v) is 7.19. The number of imidazole rings is 1. The van der Waals surface area contributed by atoms with E-state index in [1.165, 1.54) is 16.8 Å². The number of hydrogen-bond donors (Lipinski definition) is 1. The number of nitrogens with one attached hydrogen (secondary N) is 1. The molecule has 0 saturated carbocycles. The zero-order chi connectivity index (χ0) is 17.6. The summed E-state index contributed by atoms with van der Waals surface area (Å²) in [6.45, 7) is 6.18. The maximum atomic E-state index is 12.8. The van der Waals surface area contributed by atoms with Crippen molar-refractivity contribution < 1.29 is 4.79 Å². The van der Waals surface area contributed by atoms with Gasteiger partial charge in [0.25, 0.3) is 0 Å². The van der Waals surface area contributed by atoms with Crippen molar-refractivity contribution >= 4 is 17.2 Å². The maximum Gasteiger partial charge on any atom is 0.227 e. The zero-order valence-corrected chi connectivity index (χ0v) is 15.0. The van der Waals surface area contributed by atoms with E-state index in [2.05, 4.69) is 48.0 Å². The second-order valence-electron chi connectivity index (χ2n) is 7.19. The number of rotatable bonds is 2. The quantitative estimate of drug-likeness (QED) is 0.770. The second kappa shape index (κ2) is 6.03. The van der Waals surface area contributed by atoms with Crippen LogP contribution in [0.5, 0.6) is 0 Å². The van der Waals surface area contributed by atoms with Gasteiger partial charge in [-0.15, -0.1) is 0 Å². The van der Waals surface area contributed by atoms with Crippen LogP contribution < -0.4 is 5.32 Å². The molecule has 1 N–H and O–H groups in total. The summed E-state index contributed by atoms with van der Waals surface area (Å²) < 4.78 is 2.15. The first-order valence-electron chi connectivity index (χ1n) is 8.86. The summed E-state index contributed by atoms with van der Waals surface area (Å²) in [6, 6.07) is 10.3. The summed E-state index contributed by atoms with van der Waals surface area (Å²) in [5.74, 6) is 0.105. The standard InChI is InChI=1S/C21H23N3O/c1-13-4-7-17(15(3)10-13)23-21(25)16-6-8-18-19(11-16)24-12-14(2)5-9-20(24)22-18/h4-5,7,9-10,12,16H,6,8,11H2,1-3H3,(H,23,25). The predicted molar refractivity (Wildman–Crippen MR) is 100.0 cm³/mol. The smallest absolute Gasteiger partial charge is 0.227 e. The summed E-state index contributed by atoms with van der Waals surface area (Å²) in [5.41, 5.74) is 7.73. The predicted octanol–water partition coefficient (Wildman–Crippen LogP) is 4.00. The van der Waals surface area contributed by atoms with Crippen LogP contribution in [0.25, 0.3) is 5.65 Å². The van der Waals surface area contributed by atoms with Gasteiger partial charge in [-0.3, -0.25) is 4.79 Å². The fourth-order valence-electron chi connectivity index (χ4n) is 3.72. The van der Waals surface area contributed by atoms with Gasteiger partial charge in [0, 0.05) is 29.9 Å². The summed E-state index contributed by atoms with van der Waals surface area (Å²) >= 11 is 0. The van der Waals surface area contributed by atoms with Crippen molar-refractivity contribution in [3.8, 4) is 0 Å². The Kier molecular flexibility index (Phi) is 3.83. The highest BCUT2D eigenvalue weighted by Gasteiger charge is 2.28. The molecule has 1 atom stereocenters. The zero-order valence-electron chi connectivity index (χ0n) is 15.0. The maximum absolute atomic E-state index is 12.8. The molecule has 0 saturated heterocycles. The lowest BCUT2D eigenvalue weighted by atomic mass is 9.89. The number of carbonyl (C=O) groups excluding carboxylic acids is 1. The van der Waals surface area contributed by atoms with Crippen molar-refractivity contribution in [2.24, 2.45) is 5.92 Å². The van der Waals surface area contributed by atoms with Crippen LogP contribution in [0.2, 0.25) is 0 Å². The van der Waals surface area contributed by atoms with Crippen LogP contribution in [0.15, 0.2) is 36.5 Å². The summed E-state index contributed by atoms with van der Waals surface area (Å²) in [6.07, 6.45) is 4.58. The lowest BCUT2D eigenvalue weighted by Gasteiger charge is -2.22. The van der Waals surface area contributed by atoms with Gasteiger partial charge in [0.1, 0.15) is 5.65 Å². The first-order chi connectivity index (χ1) is 12.0. The molecular formula is C21H23N3O. The number of benzene rings is 1. The monoisotopic (exact) mass is 333 g/mol. The van der Waals surface area contributed by atoms with Crippen LogP contribution in [0.3, 0.4) is 0 Å². The van der Waals surface area contributed by atoms with Crippen LogP contribution in [0, 0.1) is 26.7 Å². The molecule has 2 aromatic heterocycles. The first kappa shape index (κ1) is 15.9. The lowest BCUT2D eigenvalue weighted by Crippen LogP contribution is -2.28. The van der Waals surface area contributed by atoms with Gasteiger partial charge < -0.3 is 9.72 Å². The van der Waals surface area contributed by atoms with Gasteiger partial charge in [0.05, 0.1) is 5.69 Å². The minimum absolute atomic E-state index is 0.00591. The molecule has 2 heterocycles. The Morgan fingerprint density at radius 2 is 1.96 bits per heavy atom. The molecule has 25 heavy (non-hydrogen) atoms. The van der Waals surface area contributed by atoms with E-state index in [-0.39, 0.29) is 11.8 Å². The fourth-order valence-corrected chi connectivity index (χ4v) is 3.72. The number of carbonyl (C=O) groups is 1. The van der Waals surface area contributed by atoms with E-state index in [0.29, 0.717) is 0 Å². The largest absolute Gasteiger partial charge is 0.326 e. The van der Waals surface area contributed by atoms with Crippen molar-refractivity contribution in [2.45, 2.75) is 40.0 Å². The van der Waals surface area contributed by atoms with Crippen molar-refractivity contribution in [3.63, 3.8) is 0 Å². The van der Waals surface area contributed by atoms with Gasteiger partial charge in [-0.2, -0.15) is 0 Å². The van der Waals surface area contributed by atoms with Crippen LogP contribution >= 0.6 is 0 Å². The normalized spacial score (nSPS) is 16.7. The molecule has 3 aromatic rings. The van der Waals surface area contributed by atoms with Crippen molar-refractivity contribution in [1.82, 2.24) is 9.38 Å². The molecule has 0 radical (unpaired) electrons. The topological polar surface area (TPSA) is 46.4 Å². The molecule has 4 rings (SSSR count). The number of nitrogens with zero attached hydrogens (tertiary/aromatic N) is 2. The lowest BCUT2D eigenvalue weighted by molar-refractivity contribution is -0.120. The number of anilines is 1. The van der Waals surface area contributed by atoms with E-state index in [1.807, 2.05) is 19.1 Å². The van der Waals surface area contributed by atoms with Gasteiger partial charge in [-0.1, -0.05) is 23.8 Å². The third kappa shape index (κ3) is 2.93. The molecule has 128 valence electrons. The molecule has 4 nitrogen and oxygen atoms in total. The molecule has 0 bridgehead atoms. The fraction of sp³-hybridized carbons (Fsp3) is 0.333. The third-order valence-electron chi connectivity index (χ3n) is 5.13. The highest BCUT2D eigenvalue weighted by molar-refractivity contribution is 5.93. The van der Waals surface area contributed by atoms with Crippen LogP contribution in [0.1, 0.15) is 34.5 Å². The van der Waals surface area contributed by atoms with Gasteiger partial charge in [-0.25, -0.2) is 4.98 Å². The van der Waals surface area contributed by atoms with E-state index in [9.17, 15) is 4.79 Å². The van der Waals surface area contributed by atoms with Gasteiger partial charge in [0.15, 0.2) is 0 Å². The Labute approximate surface area is 147 Å². The minimum atomic E-state index is -0.00591. The molecule has 1 aromatic carbocycles. The Hall–Kier alpha value is -2.62. The number of amides is 1. The highest BCUT2D eigenvalue weighted by Crippen LogP contribution is 2.28. The summed E-state index contributed by atoms with van der Waals surface area (Å²) in [4.78, 5) is 17.5. The Balaban J connectivity index is 1.58. The highest BCUT2D eigenvalue weighted by atomic mass is 16.1. The third-order valence-corrected chi connectivity index (χ3v) is 5.13.